The minimum atomic E-state index is -1.14. The molecule has 1 unspecified atom stereocenters. The highest BCUT2D eigenvalue weighted by molar-refractivity contribution is 9.11. The van der Waals surface area contributed by atoms with Crippen molar-refractivity contribution in [1.82, 2.24) is 5.32 Å². The van der Waals surface area contributed by atoms with Crippen molar-refractivity contribution in [3.63, 3.8) is 0 Å². The average Bonchev–Trinajstić information content (AvgIpc) is 1.94. The molecule has 1 rings (SSSR count). The first-order chi connectivity index (χ1) is 4.74. The molecule has 56 valence electrons. The number of dihydropyridines is 1. The molecular formula is C6H7BrFNO. The lowest BCUT2D eigenvalue weighted by Gasteiger charge is -2.13. The molecule has 1 atom stereocenters. The summed E-state index contributed by atoms with van der Waals surface area (Å²) in [5, 5.41) is 2.46. The first-order valence-corrected chi connectivity index (χ1v) is 3.55. The first-order valence-electron chi connectivity index (χ1n) is 2.76. The topological polar surface area (TPSA) is 21.3 Å². The highest BCUT2D eigenvalue weighted by Gasteiger charge is 2.11. The van der Waals surface area contributed by atoms with Crippen LogP contribution in [-0.2, 0) is 4.74 Å². The van der Waals surface area contributed by atoms with E-state index in [-0.39, 0.29) is 0 Å². The van der Waals surface area contributed by atoms with Crippen LogP contribution in [0.5, 0.6) is 0 Å². The molecule has 1 N–H and O–H groups in total. The van der Waals surface area contributed by atoms with Crippen LogP contribution in [0.4, 0.5) is 4.39 Å². The van der Waals surface area contributed by atoms with Gasteiger partial charge in [-0.2, -0.15) is 0 Å². The van der Waals surface area contributed by atoms with E-state index in [2.05, 4.69) is 21.2 Å². The molecule has 0 aliphatic carbocycles. The Morgan fingerprint density at radius 2 is 2.50 bits per heavy atom. The molecule has 1 heterocycles. The Balaban J connectivity index is 2.74. The van der Waals surface area contributed by atoms with Gasteiger partial charge < -0.3 is 10.1 Å². The molecule has 0 aromatic heterocycles. The highest BCUT2D eigenvalue weighted by Crippen LogP contribution is 2.20. The average molecular weight is 208 g/mol. The molecule has 10 heavy (non-hydrogen) atoms. The lowest BCUT2D eigenvalue weighted by molar-refractivity contribution is 0.281. The van der Waals surface area contributed by atoms with Crippen molar-refractivity contribution in [1.29, 1.82) is 0 Å². The normalized spacial score (nSPS) is 24.5. The van der Waals surface area contributed by atoms with Crippen molar-refractivity contribution in [3.8, 4) is 0 Å². The van der Waals surface area contributed by atoms with Gasteiger partial charge in [0.2, 0.25) is 0 Å². The zero-order chi connectivity index (χ0) is 7.56. The summed E-state index contributed by atoms with van der Waals surface area (Å²) in [7, 11) is 1.50. The lowest BCUT2D eigenvalue weighted by atomic mass is 10.3. The third-order valence-electron chi connectivity index (χ3n) is 1.12. The maximum atomic E-state index is 12.5. The third kappa shape index (κ3) is 1.50. The minimum Gasteiger partial charge on any atom is -0.496 e. The number of methoxy groups -OCH3 is 1. The van der Waals surface area contributed by atoms with E-state index >= 15 is 0 Å². The molecule has 0 aromatic carbocycles. The number of nitrogens with one attached hydrogen (secondary N) is 1. The lowest BCUT2D eigenvalue weighted by Crippen LogP contribution is -2.20. The Kier molecular flexibility index (Phi) is 2.32. The molecule has 0 spiro atoms. The number of alkyl halides is 1. The van der Waals surface area contributed by atoms with E-state index in [1.54, 1.807) is 0 Å². The van der Waals surface area contributed by atoms with E-state index in [1.165, 1.54) is 19.4 Å². The van der Waals surface area contributed by atoms with Crippen LogP contribution in [-0.4, -0.2) is 13.4 Å². The Labute approximate surface area is 66.9 Å². The van der Waals surface area contributed by atoms with Gasteiger partial charge in [0.25, 0.3) is 0 Å². The summed E-state index contributed by atoms with van der Waals surface area (Å²) in [4.78, 5) is 0. The fraction of sp³-hybridized carbons (Fsp3) is 0.333. The quantitative estimate of drug-likeness (QED) is 0.661. The Morgan fingerprint density at radius 3 is 3.00 bits per heavy atom. The monoisotopic (exact) mass is 207 g/mol. The summed E-state index contributed by atoms with van der Waals surface area (Å²) in [6.45, 7) is 0. The maximum absolute atomic E-state index is 12.5. The summed E-state index contributed by atoms with van der Waals surface area (Å²) in [5.74, 6) is 0.520. The van der Waals surface area contributed by atoms with Crippen molar-refractivity contribution < 1.29 is 9.13 Å². The van der Waals surface area contributed by atoms with Gasteiger partial charge in [0.15, 0.2) is 6.30 Å². The van der Waals surface area contributed by atoms with Gasteiger partial charge in [-0.05, 0) is 15.9 Å². The number of rotatable bonds is 1. The van der Waals surface area contributed by atoms with Gasteiger partial charge in [-0.3, -0.25) is 0 Å². The molecule has 0 saturated carbocycles. The summed E-state index contributed by atoms with van der Waals surface area (Å²) in [6.07, 6.45) is 1.73. The predicted octanol–water partition coefficient (Wildman–Crippen LogP) is 1.65. The molecule has 2 nitrogen and oxygen atoms in total. The Morgan fingerprint density at radius 1 is 1.80 bits per heavy atom. The number of allylic oxidation sites excluding steroid dienone is 1. The van der Waals surface area contributed by atoms with Crippen LogP contribution in [0.25, 0.3) is 0 Å². The van der Waals surface area contributed by atoms with Crippen LogP contribution in [0.2, 0.25) is 0 Å². The van der Waals surface area contributed by atoms with Crippen LogP contribution >= 0.6 is 15.9 Å². The standard InChI is InChI=1S/C6H7BrFNO/c1-10-5-2-6(8)9-3-4(5)7/h2-3,6,9H,1H3. The molecule has 0 bridgehead atoms. The summed E-state index contributed by atoms with van der Waals surface area (Å²) in [5.41, 5.74) is 0. The van der Waals surface area contributed by atoms with Gasteiger partial charge in [-0.1, -0.05) is 0 Å². The second-order valence-corrected chi connectivity index (χ2v) is 2.65. The second kappa shape index (κ2) is 3.05. The minimum absolute atomic E-state index is 0.520. The van der Waals surface area contributed by atoms with Crippen LogP contribution < -0.4 is 5.32 Å². The van der Waals surface area contributed by atoms with Crippen molar-refractivity contribution in [2.45, 2.75) is 6.30 Å². The van der Waals surface area contributed by atoms with Crippen molar-refractivity contribution in [3.05, 3.63) is 22.5 Å². The SMILES string of the molecule is COC1=CC(F)NC=C1Br. The van der Waals surface area contributed by atoms with Gasteiger partial charge in [-0.15, -0.1) is 0 Å². The zero-order valence-electron chi connectivity index (χ0n) is 5.40. The molecule has 0 fully saturated rings. The van der Waals surface area contributed by atoms with Gasteiger partial charge in [-0.25, -0.2) is 4.39 Å². The van der Waals surface area contributed by atoms with E-state index in [0.29, 0.717) is 5.76 Å². The number of ether oxygens (including phenoxy) is 1. The van der Waals surface area contributed by atoms with E-state index in [0.717, 1.165) is 4.48 Å². The molecule has 0 amide bonds. The summed E-state index contributed by atoms with van der Waals surface area (Å²) < 4.78 is 18.0. The van der Waals surface area contributed by atoms with Gasteiger partial charge in [0, 0.05) is 12.3 Å². The number of hydrogen-bond donors (Lipinski definition) is 1. The van der Waals surface area contributed by atoms with Crippen molar-refractivity contribution in [2.24, 2.45) is 0 Å². The smallest absolute Gasteiger partial charge is 0.192 e. The van der Waals surface area contributed by atoms with Gasteiger partial charge in [0.05, 0.1) is 11.6 Å². The number of hydrogen-bond acceptors (Lipinski definition) is 2. The van der Waals surface area contributed by atoms with Crippen LogP contribution in [0.3, 0.4) is 0 Å². The highest BCUT2D eigenvalue weighted by atomic mass is 79.9. The molecule has 1 aliphatic heterocycles. The van der Waals surface area contributed by atoms with Crippen LogP contribution in [0, 0.1) is 0 Å². The fourth-order valence-electron chi connectivity index (χ4n) is 0.650. The van der Waals surface area contributed by atoms with E-state index in [1.807, 2.05) is 0 Å². The number of halogens is 2. The molecule has 0 aromatic rings. The molecule has 1 aliphatic rings. The van der Waals surface area contributed by atoms with Crippen molar-refractivity contribution in [2.75, 3.05) is 7.11 Å². The van der Waals surface area contributed by atoms with Crippen molar-refractivity contribution >= 4 is 15.9 Å². The summed E-state index contributed by atoms with van der Waals surface area (Å²) >= 11 is 3.18. The van der Waals surface area contributed by atoms with Crippen LogP contribution in [0.15, 0.2) is 22.5 Å². The van der Waals surface area contributed by atoms with Gasteiger partial charge >= 0.3 is 0 Å². The zero-order valence-corrected chi connectivity index (χ0v) is 6.98. The molecular weight excluding hydrogens is 201 g/mol. The third-order valence-corrected chi connectivity index (χ3v) is 1.74. The van der Waals surface area contributed by atoms with E-state index in [9.17, 15) is 4.39 Å². The summed E-state index contributed by atoms with van der Waals surface area (Å²) in [6, 6.07) is 0. The predicted molar refractivity (Wildman–Crippen MR) is 40.1 cm³/mol. The molecule has 4 heteroatoms. The largest absolute Gasteiger partial charge is 0.496 e. The van der Waals surface area contributed by atoms with E-state index in [4.69, 9.17) is 4.74 Å². The second-order valence-electron chi connectivity index (χ2n) is 1.80. The van der Waals surface area contributed by atoms with E-state index < -0.39 is 6.30 Å². The maximum Gasteiger partial charge on any atom is 0.192 e. The van der Waals surface area contributed by atoms with Gasteiger partial charge in [0.1, 0.15) is 5.76 Å². The molecule has 0 saturated heterocycles. The Hall–Kier alpha value is -0.510. The van der Waals surface area contributed by atoms with Crippen LogP contribution in [0.1, 0.15) is 0 Å². The Bertz CT molecular complexity index is 190. The fourth-order valence-corrected chi connectivity index (χ4v) is 1.08. The first kappa shape index (κ1) is 7.60. The molecule has 0 radical (unpaired) electrons.